The van der Waals surface area contributed by atoms with Crippen molar-refractivity contribution in [2.75, 3.05) is 19.5 Å². The number of nitrogens with zero attached hydrogens (tertiary/aromatic N) is 1. The van der Waals surface area contributed by atoms with Crippen LogP contribution in [0.2, 0.25) is 5.02 Å². The van der Waals surface area contributed by atoms with Crippen molar-refractivity contribution in [2.45, 2.75) is 26.4 Å². The maximum atomic E-state index is 12.5. The zero-order valence-corrected chi connectivity index (χ0v) is 17.5. The maximum absolute atomic E-state index is 12.5. The highest BCUT2D eigenvalue weighted by Gasteiger charge is 2.16. The molecule has 152 valence electrons. The van der Waals surface area contributed by atoms with Gasteiger partial charge in [0.1, 0.15) is 17.4 Å². The van der Waals surface area contributed by atoms with Crippen LogP contribution in [0.5, 0.6) is 17.2 Å². The Hall–Kier alpha value is -3.17. The molecular formula is C22H23ClN2O4. The van der Waals surface area contributed by atoms with Crippen molar-refractivity contribution in [3.8, 4) is 23.3 Å². The quantitative estimate of drug-likeness (QED) is 0.481. The van der Waals surface area contributed by atoms with Crippen LogP contribution in [0.1, 0.15) is 25.8 Å². The summed E-state index contributed by atoms with van der Waals surface area (Å²) in [6.07, 6.45) is 2.22. The van der Waals surface area contributed by atoms with Crippen molar-refractivity contribution in [1.29, 1.82) is 5.26 Å². The molecule has 0 radical (unpaired) electrons. The highest BCUT2D eigenvalue weighted by Crippen LogP contribution is 2.38. The van der Waals surface area contributed by atoms with E-state index in [1.54, 1.807) is 43.5 Å². The van der Waals surface area contributed by atoms with Crippen molar-refractivity contribution in [1.82, 2.24) is 0 Å². The number of hydrogen-bond donors (Lipinski definition) is 1. The van der Waals surface area contributed by atoms with E-state index in [0.717, 1.165) is 6.42 Å². The van der Waals surface area contributed by atoms with E-state index in [9.17, 15) is 10.1 Å². The minimum Gasteiger partial charge on any atom is -0.497 e. The first-order valence-electron chi connectivity index (χ1n) is 9.03. The predicted octanol–water partition coefficient (Wildman–Crippen LogP) is 5.08. The summed E-state index contributed by atoms with van der Waals surface area (Å²) in [5, 5.41) is 12.4. The average Bonchev–Trinajstić information content (AvgIpc) is 2.73. The molecular weight excluding hydrogens is 392 g/mol. The molecule has 0 aromatic heterocycles. The molecule has 0 bridgehead atoms. The molecule has 0 aliphatic heterocycles. The van der Waals surface area contributed by atoms with Gasteiger partial charge in [-0.1, -0.05) is 18.5 Å². The molecule has 1 atom stereocenters. The molecule has 0 heterocycles. The molecule has 7 heteroatoms. The molecule has 0 fully saturated rings. The number of carbonyl (C=O) groups is 1. The second-order valence-corrected chi connectivity index (χ2v) is 6.63. The largest absolute Gasteiger partial charge is 0.497 e. The molecule has 0 spiro atoms. The lowest BCUT2D eigenvalue weighted by Crippen LogP contribution is -2.13. The Morgan fingerprint density at radius 1 is 1.24 bits per heavy atom. The molecule has 1 amide bonds. The Labute approximate surface area is 175 Å². The number of hydrogen-bond acceptors (Lipinski definition) is 5. The molecule has 0 aliphatic rings. The van der Waals surface area contributed by atoms with Crippen molar-refractivity contribution in [3.05, 3.63) is 52.6 Å². The van der Waals surface area contributed by atoms with Crippen LogP contribution in [0.4, 0.5) is 5.69 Å². The SMILES string of the molecule is CCC(C)Oc1c(Cl)cc(/C=C(/C#N)C(=O)Nc2ccc(OC)cc2)cc1OC. The lowest BCUT2D eigenvalue weighted by Gasteiger charge is -2.17. The highest BCUT2D eigenvalue weighted by molar-refractivity contribution is 6.32. The number of carbonyl (C=O) groups excluding carboxylic acids is 1. The topological polar surface area (TPSA) is 80.6 Å². The van der Waals surface area contributed by atoms with Crippen LogP contribution >= 0.6 is 11.6 Å². The van der Waals surface area contributed by atoms with E-state index in [4.69, 9.17) is 25.8 Å². The molecule has 1 unspecified atom stereocenters. The van der Waals surface area contributed by atoms with Crippen LogP contribution in [0.15, 0.2) is 42.0 Å². The molecule has 2 aromatic carbocycles. The fourth-order valence-corrected chi connectivity index (χ4v) is 2.67. The van der Waals surface area contributed by atoms with Gasteiger partial charge >= 0.3 is 0 Å². The second-order valence-electron chi connectivity index (χ2n) is 6.22. The Morgan fingerprint density at radius 3 is 2.48 bits per heavy atom. The maximum Gasteiger partial charge on any atom is 0.266 e. The van der Waals surface area contributed by atoms with Crippen molar-refractivity contribution < 1.29 is 19.0 Å². The van der Waals surface area contributed by atoms with E-state index in [1.165, 1.54) is 13.2 Å². The van der Waals surface area contributed by atoms with E-state index in [0.29, 0.717) is 33.5 Å². The zero-order valence-electron chi connectivity index (χ0n) is 16.8. The fourth-order valence-electron chi connectivity index (χ4n) is 2.41. The number of methoxy groups -OCH3 is 2. The van der Waals surface area contributed by atoms with E-state index < -0.39 is 5.91 Å². The third kappa shape index (κ3) is 5.90. The molecule has 0 saturated carbocycles. The molecule has 6 nitrogen and oxygen atoms in total. The van der Waals surface area contributed by atoms with Gasteiger partial charge < -0.3 is 19.5 Å². The monoisotopic (exact) mass is 414 g/mol. The number of benzene rings is 2. The van der Waals surface area contributed by atoms with Crippen molar-refractivity contribution in [2.24, 2.45) is 0 Å². The molecule has 2 aromatic rings. The lowest BCUT2D eigenvalue weighted by atomic mass is 10.1. The lowest BCUT2D eigenvalue weighted by molar-refractivity contribution is -0.112. The van der Waals surface area contributed by atoms with Gasteiger partial charge in [0.05, 0.1) is 25.3 Å². The van der Waals surface area contributed by atoms with Gasteiger partial charge in [-0.25, -0.2) is 0 Å². The van der Waals surface area contributed by atoms with Crippen LogP contribution in [0, 0.1) is 11.3 Å². The zero-order chi connectivity index (χ0) is 21.4. The molecule has 0 aliphatic carbocycles. The van der Waals surface area contributed by atoms with E-state index >= 15 is 0 Å². The number of nitriles is 1. The summed E-state index contributed by atoms with van der Waals surface area (Å²) in [4.78, 5) is 12.5. The van der Waals surface area contributed by atoms with Gasteiger partial charge in [0.25, 0.3) is 5.91 Å². The first kappa shape index (κ1) is 22.1. The Balaban J connectivity index is 2.28. The number of rotatable bonds is 8. The number of halogens is 1. The number of nitrogens with one attached hydrogen (secondary N) is 1. The van der Waals surface area contributed by atoms with Crippen LogP contribution < -0.4 is 19.5 Å². The number of amides is 1. The molecule has 2 rings (SSSR count). The second kappa shape index (κ2) is 10.4. The van der Waals surface area contributed by atoms with Crippen LogP contribution in [-0.4, -0.2) is 26.2 Å². The van der Waals surface area contributed by atoms with Gasteiger partial charge in [-0.3, -0.25) is 4.79 Å². The summed E-state index contributed by atoms with van der Waals surface area (Å²) in [5.41, 5.74) is 1.02. The predicted molar refractivity (Wildman–Crippen MR) is 114 cm³/mol. The third-order valence-corrected chi connectivity index (χ3v) is 4.45. The number of anilines is 1. The minimum absolute atomic E-state index is 0.0345. The molecule has 29 heavy (non-hydrogen) atoms. The van der Waals surface area contributed by atoms with Gasteiger partial charge in [0.15, 0.2) is 11.5 Å². The first-order chi connectivity index (χ1) is 13.9. The summed E-state index contributed by atoms with van der Waals surface area (Å²) in [6.45, 7) is 3.93. The van der Waals surface area contributed by atoms with Gasteiger partial charge in [-0.2, -0.15) is 5.26 Å². The standard InChI is InChI=1S/C22H23ClN2O4/c1-5-14(2)29-21-19(23)11-15(12-20(21)28-4)10-16(13-24)22(26)25-17-6-8-18(27-3)9-7-17/h6-12,14H,5H2,1-4H3,(H,25,26)/b16-10-. The van der Waals surface area contributed by atoms with Gasteiger partial charge in [0.2, 0.25) is 0 Å². The van der Waals surface area contributed by atoms with Gasteiger partial charge in [0, 0.05) is 5.69 Å². The minimum atomic E-state index is -0.535. The Morgan fingerprint density at radius 2 is 1.93 bits per heavy atom. The first-order valence-corrected chi connectivity index (χ1v) is 9.41. The Bertz CT molecular complexity index is 933. The summed E-state index contributed by atoms with van der Waals surface area (Å²) < 4.78 is 16.3. The van der Waals surface area contributed by atoms with Gasteiger partial charge in [-0.05, 0) is 61.4 Å². The van der Waals surface area contributed by atoms with E-state index in [1.807, 2.05) is 19.9 Å². The molecule has 1 N–H and O–H groups in total. The van der Waals surface area contributed by atoms with E-state index in [-0.39, 0.29) is 11.7 Å². The van der Waals surface area contributed by atoms with Crippen LogP contribution in [0.3, 0.4) is 0 Å². The number of ether oxygens (including phenoxy) is 3. The van der Waals surface area contributed by atoms with Gasteiger partial charge in [-0.15, -0.1) is 0 Å². The summed E-state index contributed by atoms with van der Waals surface area (Å²) in [7, 11) is 3.06. The third-order valence-electron chi connectivity index (χ3n) is 4.17. The van der Waals surface area contributed by atoms with Crippen molar-refractivity contribution >= 4 is 29.3 Å². The van der Waals surface area contributed by atoms with Crippen LogP contribution in [0.25, 0.3) is 6.08 Å². The smallest absolute Gasteiger partial charge is 0.266 e. The summed E-state index contributed by atoms with van der Waals surface area (Å²) in [6, 6.07) is 12.0. The summed E-state index contributed by atoms with van der Waals surface area (Å²) in [5.74, 6) is 0.993. The van der Waals surface area contributed by atoms with Crippen molar-refractivity contribution in [3.63, 3.8) is 0 Å². The van der Waals surface area contributed by atoms with E-state index in [2.05, 4.69) is 5.32 Å². The normalized spacial score (nSPS) is 11.9. The van der Waals surface area contributed by atoms with Crippen LogP contribution in [-0.2, 0) is 4.79 Å². The molecule has 0 saturated heterocycles. The Kier molecular flexibility index (Phi) is 7.93. The average molecular weight is 415 g/mol. The highest BCUT2D eigenvalue weighted by atomic mass is 35.5. The summed E-state index contributed by atoms with van der Waals surface area (Å²) >= 11 is 6.35. The fraction of sp³-hybridized carbons (Fsp3) is 0.273.